The first kappa shape index (κ1) is 13.5. The first-order valence-electron chi connectivity index (χ1n) is 7.54. The first-order valence-corrected chi connectivity index (χ1v) is 7.54. The smallest absolute Gasteiger partial charge is 0.154 e. The van der Waals surface area contributed by atoms with E-state index in [9.17, 15) is 9.59 Å². The van der Waals surface area contributed by atoms with Crippen LogP contribution in [0.3, 0.4) is 0 Å². The third-order valence-electron chi connectivity index (χ3n) is 5.07. The van der Waals surface area contributed by atoms with Crippen LogP contribution in [0, 0.1) is 5.41 Å². The molecule has 0 bridgehead atoms. The van der Waals surface area contributed by atoms with Gasteiger partial charge in [0.25, 0.3) is 0 Å². The number of carbonyl (C=O) groups is 2. The van der Waals surface area contributed by atoms with Gasteiger partial charge in [0.15, 0.2) is 5.78 Å². The maximum Gasteiger partial charge on any atom is 0.154 e. The standard InChI is InChI=1S/C17H21NO2/c18-11-12-6-2-3-7-13(12)14-10-15(19)17(16(14)20)8-4-1-5-9-17/h2-3,6-7,14H,1,4-5,8-11,18H2. The summed E-state index contributed by atoms with van der Waals surface area (Å²) in [5.74, 6) is 0.0578. The predicted octanol–water partition coefficient (Wildman–Crippen LogP) is 2.72. The van der Waals surface area contributed by atoms with E-state index in [4.69, 9.17) is 5.73 Å². The Bertz CT molecular complexity index is 544. The van der Waals surface area contributed by atoms with E-state index >= 15 is 0 Å². The number of benzene rings is 1. The lowest BCUT2D eigenvalue weighted by Crippen LogP contribution is -2.36. The highest BCUT2D eigenvalue weighted by molar-refractivity contribution is 6.16. The van der Waals surface area contributed by atoms with Crippen LogP contribution in [0.15, 0.2) is 24.3 Å². The monoisotopic (exact) mass is 271 g/mol. The Morgan fingerprint density at radius 2 is 1.80 bits per heavy atom. The Kier molecular flexibility index (Phi) is 3.47. The van der Waals surface area contributed by atoms with Crippen molar-refractivity contribution in [3.8, 4) is 0 Å². The molecule has 0 heterocycles. The molecule has 2 N–H and O–H groups in total. The number of nitrogens with two attached hydrogens (primary N) is 1. The van der Waals surface area contributed by atoms with Crippen LogP contribution in [0.25, 0.3) is 0 Å². The van der Waals surface area contributed by atoms with Gasteiger partial charge in [-0.15, -0.1) is 0 Å². The van der Waals surface area contributed by atoms with E-state index < -0.39 is 5.41 Å². The summed E-state index contributed by atoms with van der Waals surface area (Å²) < 4.78 is 0. The van der Waals surface area contributed by atoms with Gasteiger partial charge < -0.3 is 5.73 Å². The van der Waals surface area contributed by atoms with Crippen molar-refractivity contribution < 1.29 is 9.59 Å². The zero-order valence-corrected chi connectivity index (χ0v) is 11.7. The van der Waals surface area contributed by atoms with Gasteiger partial charge in [-0.05, 0) is 24.0 Å². The SMILES string of the molecule is NCc1ccccc1C1CC(=O)C2(CCCCC2)C1=O. The number of carbonyl (C=O) groups excluding carboxylic acids is 2. The van der Waals surface area contributed by atoms with Crippen molar-refractivity contribution in [2.75, 3.05) is 0 Å². The lowest BCUT2D eigenvalue weighted by atomic mass is 9.70. The van der Waals surface area contributed by atoms with E-state index in [-0.39, 0.29) is 17.5 Å². The average molecular weight is 271 g/mol. The molecule has 2 fully saturated rings. The van der Waals surface area contributed by atoms with Crippen molar-refractivity contribution >= 4 is 11.6 Å². The highest BCUT2D eigenvalue weighted by Gasteiger charge is 2.54. The topological polar surface area (TPSA) is 60.2 Å². The Morgan fingerprint density at radius 1 is 1.10 bits per heavy atom. The normalized spacial score (nSPS) is 25.4. The second-order valence-corrected chi connectivity index (χ2v) is 6.09. The summed E-state index contributed by atoms with van der Waals surface area (Å²) in [6.45, 7) is 0.418. The molecule has 0 radical (unpaired) electrons. The third kappa shape index (κ3) is 1.92. The van der Waals surface area contributed by atoms with E-state index in [1.54, 1.807) is 0 Å². The summed E-state index contributed by atoms with van der Waals surface area (Å²) in [5.41, 5.74) is 7.07. The van der Waals surface area contributed by atoms with Crippen molar-refractivity contribution in [2.45, 2.75) is 51.0 Å². The van der Waals surface area contributed by atoms with Crippen LogP contribution in [0.5, 0.6) is 0 Å². The van der Waals surface area contributed by atoms with E-state index in [2.05, 4.69) is 0 Å². The fraction of sp³-hybridized carbons (Fsp3) is 0.529. The third-order valence-corrected chi connectivity index (χ3v) is 5.07. The summed E-state index contributed by atoms with van der Waals surface area (Å²) in [6.07, 6.45) is 5.03. The van der Waals surface area contributed by atoms with Gasteiger partial charge in [0, 0.05) is 13.0 Å². The molecular weight excluding hydrogens is 250 g/mol. The molecule has 3 heteroatoms. The molecule has 0 amide bonds. The Morgan fingerprint density at radius 3 is 2.50 bits per heavy atom. The maximum absolute atomic E-state index is 12.9. The minimum absolute atomic E-state index is 0.156. The van der Waals surface area contributed by atoms with E-state index in [1.807, 2.05) is 24.3 Å². The summed E-state index contributed by atoms with van der Waals surface area (Å²) in [4.78, 5) is 25.4. The van der Waals surface area contributed by atoms with Crippen LogP contribution in [-0.2, 0) is 16.1 Å². The fourth-order valence-electron chi connectivity index (χ4n) is 3.94. The van der Waals surface area contributed by atoms with Crippen LogP contribution in [0.4, 0.5) is 0 Å². The number of ketones is 2. The second-order valence-electron chi connectivity index (χ2n) is 6.09. The zero-order valence-electron chi connectivity index (χ0n) is 11.7. The lowest BCUT2D eigenvalue weighted by molar-refractivity contribution is -0.137. The van der Waals surface area contributed by atoms with Gasteiger partial charge in [-0.1, -0.05) is 43.5 Å². The predicted molar refractivity (Wildman–Crippen MR) is 77.2 cm³/mol. The van der Waals surface area contributed by atoms with Crippen molar-refractivity contribution in [3.05, 3.63) is 35.4 Å². The average Bonchev–Trinajstić information content (AvgIpc) is 2.73. The molecule has 0 aliphatic heterocycles. The van der Waals surface area contributed by atoms with E-state index in [0.717, 1.165) is 43.2 Å². The van der Waals surface area contributed by atoms with Crippen molar-refractivity contribution in [2.24, 2.45) is 11.1 Å². The number of hydrogen-bond donors (Lipinski definition) is 1. The number of rotatable bonds is 2. The molecule has 1 aromatic carbocycles. The molecule has 3 nitrogen and oxygen atoms in total. The molecule has 1 spiro atoms. The lowest BCUT2D eigenvalue weighted by Gasteiger charge is -2.30. The highest BCUT2D eigenvalue weighted by atomic mass is 16.2. The Labute approximate surface area is 119 Å². The molecule has 1 atom stereocenters. The zero-order chi connectivity index (χ0) is 14.2. The largest absolute Gasteiger partial charge is 0.326 e. The van der Waals surface area contributed by atoms with Gasteiger partial charge in [-0.25, -0.2) is 0 Å². The molecule has 2 saturated carbocycles. The van der Waals surface area contributed by atoms with Gasteiger partial charge in [0.05, 0.1) is 11.3 Å². The molecule has 1 unspecified atom stereocenters. The molecular formula is C17H21NO2. The van der Waals surface area contributed by atoms with Crippen LogP contribution in [0.2, 0.25) is 0 Å². The quantitative estimate of drug-likeness (QED) is 0.841. The van der Waals surface area contributed by atoms with Crippen molar-refractivity contribution in [1.82, 2.24) is 0 Å². The Balaban J connectivity index is 1.97. The first-order chi connectivity index (χ1) is 9.69. The Hall–Kier alpha value is -1.48. The molecule has 20 heavy (non-hydrogen) atoms. The van der Waals surface area contributed by atoms with Crippen LogP contribution in [-0.4, -0.2) is 11.6 Å². The van der Waals surface area contributed by atoms with Gasteiger partial charge in [0.1, 0.15) is 5.78 Å². The summed E-state index contributed by atoms with van der Waals surface area (Å²) in [7, 11) is 0. The van der Waals surface area contributed by atoms with Crippen LogP contribution >= 0.6 is 0 Å². The summed E-state index contributed by atoms with van der Waals surface area (Å²) in [5, 5.41) is 0. The van der Waals surface area contributed by atoms with Gasteiger partial charge in [-0.2, -0.15) is 0 Å². The molecule has 3 rings (SSSR count). The van der Waals surface area contributed by atoms with E-state index in [0.29, 0.717) is 13.0 Å². The molecule has 1 aromatic rings. The van der Waals surface area contributed by atoms with Crippen molar-refractivity contribution in [1.29, 1.82) is 0 Å². The fourth-order valence-corrected chi connectivity index (χ4v) is 3.94. The number of hydrogen-bond acceptors (Lipinski definition) is 3. The summed E-state index contributed by atoms with van der Waals surface area (Å²) in [6, 6.07) is 7.78. The molecule has 106 valence electrons. The minimum atomic E-state index is -0.662. The molecule has 0 saturated heterocycles. The maximum atomic E-state index is 12.9. The van der Waals surface area contributed by atoms with Crippen LogP contribution in [0.1, 0.15) is 55.6 Å². The van der Waals surface area contributed by atoms with Crippen molar-refractivity contribution in [3.63, 3.8) is 0 Å². The molecule has 2 aliphatic rings. The van der Waals surface area contributed by atoms with Gasteiger partial charge >= 0.3 is 0 Å². The van der Waals surface area contributed by atoms with E-state index in [1.165, 1.54) is 0 Å². The molecule has 2 aliphatic carbocycles. The van der Waals surface area contributed by atoms with Gasteiger partial charge in [-0.3, -0.25) is 9.59 Å². The minimum Gasteiger partial charge on any atom is -0.326 e. The van der Waals surface area contributed by atoms with Gasteiger partial charge in [0.2, 0.25) is 0 Å². The molecule has 0 aromatic heterocycles. The van der Waals surface area contributed by atoms with Crippen LogP contribution < -0.4 is 5.73 Å². The highest BCUT2D eigenvalue weighted by Crippen LogP contribution is 2.49. The summed E-state index contributed by atoms with van der Waals surface area (Å²) >= 11 is 0. The second kappa shape index (κ2) is 5.13. The number of Topliss-reactive ketones (excluding diaryl/α,β-unsaturated/α-hetero) is 2.